The fraction of sp³-hybridized carbons (Fsp3) is 0.610. The number of Topliss-reactive ketones (excluding diaryl/α,β-unsaturated/α-hetero) is 2. The first-order valence-corrected chi connectivity index (χ1v) is 19.2. The van der Waals surface area contributed by atoms with Crippen molar-refractivity contribution in [2.24, 2.45) is 23.5 Å². The average Bonchev–Trinajstić information content (AvgIpc) is 3.56. The summed E-state index contributed by atoms with van der Waals surface area (Å²) in [6.45, 7) is 10.2. The average molecular weight is 799 g/mol. The number of carbonyl (C=O) groups is 5. The molecule has 4 heterocycles. The van der Waals surface area contributed by atoms with Gasteiger partial charge in [-0.2, -0.15) is 0 Å². The highest BCUT2D eigenvalue weighted by molar-refractivity contribution is 6.08. The van der Waals surface area contributed by atoms with E-state index in [1.165, 1.54) is 13.8 Å². The number of primary amides is 1. The number of fused-ring (bicyclic) bond motifs is 2. The first-order chi connectivity index (χ1) is 26.6. The summed E-state index contributed by atoms with van der Waals surface area (Å²) in [6.07, 6.45) is -2.10. The number of amides is 2. The van der Waals surface area contributed by atoms with Crippen LogP contribution in [-0.4, -0.2) is 125 Å². The minimum absolute atomic E-state index is 0.0790. The maximum atomic E-state index is 16.6. The van der Waals surface area contributed by atoms with Crippen molar-refractivity contribution >= 4 is 46.5 Å². The molecule has 5 rings (SSSR count). The van der Waals surface area contributed by atoms with E-state index in [2.05, 4.69) is 10.3 Å². The zero-order valence-corrected chi connectivity index (χ0v) is 33.9. The Morgan fingerprint density at radius 2 is 1.79 bits per heavy atom. The molecule has 1 aromatic carbocycles. The van der Waals surface area contributed by atoms with Gasteiger partial charge < -0.3 is 44.7 Å². The lowest BCUT2D eigenvalue weighted by Gasteiger charge is -2.47. The Kier molecular flexibility index (Phi) is 13.2. The first kappa shape index (κ1) is 43.8. The molecule has 3 aliphatic heterocycles. The van der Waals surface area contributed by atoms with Gasteiger partial charge in [-0.1, -0.05) is 32.9 Å². The van der Waals surface area contributed by atoms with Crippen LogP contribution in [0.1, 0.15) is 77.2 Å². The lowest BCUT2D eigenvalue weighted by molar-refractivity contribution is -0.297. The summed E-state index contributed by atoms with van der Waals surface area (Å²) in [6, 6.07) is 5.39. The SMILES string of the molecule is C[C@@H]1C[C@H](N(C)C)[C@@H](O)[C@H](O[C@@H]2[C@@H](C)C(=O)C(C)(F)C(=O)O[C@@H](C)C3OC(=O)NC3[C@@H](C)C(=O)[C@H](C)C[C@]2(C)OC/C=C/c2cnc3ccc(C(N)=O)cc3c2)O1. The number of pyridine rings is 1. The molecule has 2 amide bonds. The molecule has 3 saturated heterocycles. The Morgan fingerprint density at radius 3 is 2.46 bits per heavy atom. The van der Waals surface area contributed by atoms with E-state index in [1.807, 2.05) is 17.9 Å². The number of rotatable bonds is 8. The molecule has 3 unspecified atom stereocenters. The molecule has 15 nitrogen and oxygen atoms in total. The topological polar surface area (TPSA) is 206 Å². The van der Waals surface area contributed by atoms with Gasteiger partial charge in [-0.25, -0.2) is 14.0 Å². The number of aliphatic hydroxyl groups excluding tert-OH is 1. The normalized spacial score (nSPS) is 37.1. The van der Waals surface area contributed by atoms with Crippen LogP contribution in [0.25, 0.3) is 17.0 Å². The van der Waals surface area contributed by atoms with Crippen molar-refractivity contribution in [3.63, 3.8) is 0 Å². The van der Waals surface area contributed by atoms with Gasteiger partial charge in [-0.3, -0.25) is 19.4 Å². The second-order valence-electron chi connectivity index (χ2n) is 16.3. The molecule has 13 atom stereocenters. The fourth-order valence-corrected chi connectivity index (χ4v) is 8.26. The Bertz CT molecular complexity index is 1890. The van der Waals surface area contributed by atoms with Gasteiger partial charge >= 0.3 is 12.1 Å². The predicted molar refractivity (Wildman–Crippen MR) is 205 cm³/mol. The number of likely N-dealkylation sites (N-methyl/N-ethyl adjacent to an activating group) is 1. The molecule has 0 saturated carbocycles. The number of cyclic esters (lactones) is 1. The van der Waals surface area contributed by atoms with E-state index in [4.69, 9.17) is 29.4 Å². The second-order valence-corrected chi connectivity index (χ2v) is 16.3. The summed E-state index contributed by atoms with van der Waals surface area (Å²) in [7, 11) is 3.60. The van der Waals surface area contributed by atoms with Crippen molar-refractivity contribution in [1.29, 1.82) is 0 Å². The lowest BCUT2D eigenvalue weighted by atomic mass is 9.75. The van der Waals surface area contributed by atoms with E-state index in [0.29, 0.717) is 28.5 Å². The summed E-state index contributed by atoms with van der Waals surface area (Å²) in [5.41, 5.74) is 2.31. The number of alkyl halides is 1. The number of ether oxygens (including phenoxy) is 5. The van der Waals surface area contributed by atoms with Crippen molar-refractivity contribution in [2.75, 3.05) is 20.7 Å². The Hall–Kier alpha value is -4.35. The highest BCUT2D eigenvalue weighted by atomic mass is 19.1. The van der Waals surface area contributed by atoms with Gasteiger partial charge in [0.05, 0.1) is 36.0 Å². The molecule has 2 aromatic rings. The Balaban J connectivity index is 1.56. The lowest BCUT2D eigenvalue weighted by Crippen LogP contribution is -2.60. The zero-order valence-electron chi connectivity index (χ0n) is 33.9. The third-order valence-corrected chi connectivity index (χ3v) is 11.5. The minimum Gasteiger partial charge on any atom is -0.456 e. The van der Waals surface area contributed by atoms with E-state index in [9.17, 15) is 29.1 Å². The van der Waals surface area contributed by atoms with E-state index >= 15 is 4.39 Å². The molecular formula is C41H55FN4O11. The van der Waals surface area contributed by atoms with Crippen molar-refractivity contribution in [1.82, 2.24) is 15.2 Å². The number of hydrogen-bond donors (Lipinski definition) is 3. The molecule has 4 N–H and O–H groups in total. The Labute approximate surface area is 331 Å². The van der Waals surface area contributed by atoms with Crippen LogP contribution in [0.15, 0.2) is 36.5 Å². The van der Waals surface area contributed by atoms with Crippen molar-refractivity contribution in [2.45, 2.75) is 121 Å². The van der Waals surface area contributed by atoms with Gasteiger partial charge in [0.25, 0.3) is 5.67 Å². The van der Waals surface area contributed by atoms with Gasteiger partial charge in [0.2, 0.25) is 5.91 Å². The van der Waals surface area contributed by atoms with E-state index in [1.54, 1.807) is 71.4 Å². The van der Waals surface area contributed by atoms with Crippen molar-refractivity contribution in [3.05, 3.63) is 47.7 Å². The number of aromatic nitrogens is 1. The molecule has 0 bridgehead atoms. The molecule has 0 radical (unpaired) electrons. The summed E-state index contributed by atoms with van der Waals surface area (Å²) >= 11 is 0. The maximum absolute atomic E-state index is 16.6. The number of esters is 1. The summed E-state index contributed by atoms with van der Waals surface area (Å²) in [5, 5.41) is 14.8. The molecule has 3 fully saturated rings. The molecule has 1 aromatic heterocycles. The van der Waals surface area contributed by atoms with Crippen LogP contribution in [0.3, 0.4) is 0 Å². The van der Waals surface area contributed by atoms with Crippen molar-refractivity contribution < 1.29 is 57.2 Å². The number of ketones is 2. The molecule has 312 valence electrons. The zero-order chi connectivity index (χ0) is 42.1. The minimum atomic E-state index is -3.21. The van der Waals surface area contributed by atoms with Gasteiger partial charge in [0, 0.05) is 40.9 Å². The number of nitrogens with zero attached hydrogens (tertiary/aromatic N) is 2. The number of halogens is 1. The number of carbonyl (C=O) groups excluding carboxylic acids is 5. The van der Waals surface area contributed by atoms with E-state index in [0.717, 1.165) is 6.92 Å². The quantitative estimate of drug-likeness (QED) is 0.259. The molecule has 57 heavy (non-hydrogen) atoms. The Morgan fingerprint density at radius 1 is 1.09 bits per heavy atom. The van der Waals surface area contributed by atoms with Crippen LogP contribution in [-0.2, 0) is 38.1 Å². The van der Waals surface area contributed by atoms with Crippen molar-refractivity contribution in [3.8, 4) is 0 Å². The third kappa shape index (κ3) is 9.36. The highest BCUT2D eigenvalue weighted by Crippen LogP contribution is 2.39. The van der Waals surface area contributed by atoms with Gasteiger partial charge in [0.1, 0.15) is 18.0 Å². The number of hydrogen-bond acceptors (Lipinski definition) is 13. The van der Waals surface area contributed by atoms with Crippen LogP contribution < -0.4 is 11.1 Å². The standard InChI is InChI=1S/C41H55FN4O11/c1-20-18-40(6,53-14-10-11-25-16-27-17-26(36(43)50)12-13-28(27)44-19-25)35(57-37-32(48)29(46(8)9)15-21(2)54-37)23(4)34(49)41(7,42)38(51)55-24(5)33-30(22(3)31(20)47)45-39(52)56-33/h10-13,16-17,19-24,29-30,32-33,35,37,48H,14-15,18H2,1-9H3,(H2,43,50)(H,45,52)/b11-10+/t20-,21-,22-,23+,24+,29+,30?,32-,33?,35-,37+,40+,41?/m1/s1. The maximum Gasteiger partial charge on any atom is 0.407 e. The summed E-state index contributed by atoms with van der Waals surface area (Å²) < 4.78 is 46.7. The van der Waals surface area contributed by atoms with Crippen LogP contribution in [0.5, 0.6) is 0 Å². The number of nitrogens with one attached hydrogen (secondary N) is 1. The second kappa shape index (κ2) is 17.2. The van der Waals surface area contributed by atoms with Crippen LogP contribution in [0.4, 0.5) is 9.18 Å². The first-order valence-electron chi connectivity index (χ1n) is 19.2. The molecule has 0 spiro atoms. The summed E-state index contributed by atoms with van der Waals surface area (Å²) in [4.78, 5) is 72.4. The molecule has 0 aliphatic carbocycles. The molecule has 16 heteroatoms. The molecular weight excluding hydrogens is 743 g/mol. The largest absolute Gasteiger partial charge is 0.456 e. The number of alkyl carbamates (subject to hydrolysis) is 1. The van der Waals surface area contributed by atoms with Gasteiger partial charge in [0.15, 0.2) is 18.2 Å². The molecule has 3 aliphatic rings. The van der Waals surface area contributed by atoms with Gasteiger partial charge in [-0.15, -0.1) is 0 Å². The number of nitrogens with two attached hydrogens (primary N) is 1. The number of benzene rings is 1. The van der Waals surface area contributed by atoms with E-state index < -0.39 is 95.6 Å². The van der Waals surface area contributed by atoms with E-state index in [-0.39, 0.29) is 24.9 Å². The van der Waals surface area contributed by atoms with Crippen LogP contribution in [0, 0.1) is 17.8 Å². The van der Waals surface area contributed by atoms with Crippen LogP contribution >= 0.6 is 0 Å². The third-order valence-electron chi connectivity index (χ3n) is 11.5. The smallest absolute Gasteiger partial charge is 0.407 e. The monoisotopic (exact) mass is 798 g/mol. The predicted octanol–water partition coefficient (Wildman–Crippen LogP) is 3.52. The van der Waals surface area contributed by atoms with Gasteiger partial charge in [-0.05, 0) is 84.5 Å². The number of aliphatic hydroxyl groups is 1. The van der Waals surface area contributed by atoms with Crippen LogP contribution in [0.2, 0.25) is 0 Å². The highest BCUT2D eigenvalue weighted by Gasteiger charge is 2.55. The summed E-state index contributed by atoms with van der Waals surface area (Å²) in [5.74, 6) is -6.67. The fourth-order valence-electron chi connectivity index (χ4n) is 8.26.